The highest BCUT2D eigenvalue weighted by Crippen LogP contribution is 2.37. The number of hydrogen-bond donors (Lipinski definition) is 1. The van der Waals surface area contributed by atoms with Crippen molar-refractivity contribution in [2.75, 3.05) is 10.5 Å². The molecule has 1 aliphatic rings. The molecule has 178 valence electrons. The van der Waals surface area contributed by atoms with Crippen LogP contribution in [0.2, 0.25) is 0 Å². The van der Waals surface area contributed by atoms with E-state index in [1.165, 1.54) is 24.3 Å². The molecular weight excluding hydrogens is 477 g/mol. The highest BCUT2D eigenvalue weighted by molar-refractivity contribution is 7.92. The Morgan fingerprint density at radius 2 is 1.56 bits per heavy atom. The summed E-state index contributed by atoms with van der Waals surface area (Å²) in [6.45, 7) is 3.41. The van der Waals surface area contributed by atoms with E-state index >= 15 is 0 Å². The van der Waals surface area contributed by atoms with E-state index in [9.17, 15) is 21.2 Å². The molecule has 10 heteroatoms. The van der Waals surface area contributed by atoms with Crippen LogP contribution in [-0.4, -0.2) is 32.7 Å². The van der Waals surface area contributed by atoms with Gasteiger partial charge in [0.25, 0.3) is 10.0 Å². The minimum Gasteiger partial charge on any atom is -0.284 e. The molecule has 0 amide bonds. The lowest BCUT2D eigenvalue weighted by atomic mass is 9.99. The van der Waals surface area contributed by atoms with Gasteiger partial charge in [-0.25, -0.2) is 12.8 Å². The fourth-order valence-electron chi connectivity index (χ4n) is 3.62. The van der Waals surface area contributed by atoms with Gasteiger partial charge in [0.2, 0.25) is 10.0 Å². The Morgan fingerprint density at radius 1 is 0.941 bits per heavy atom. The number of rotatable bonds is 7. The fraction of sp³-hybridized carbons (Fsp3) is 0.208. The van der Waals surface area contributed by atoms with Crippen molar-refractivity contribution in [1.29, 1.82) is 0 Å². The van der Waals surface area contributed by atoms with Gasteiger partial charge in [-0.05, 0) is 61.4 Å². The van der Waals surface area contributed by atoms with Crippen molar-refractivity contribution in [3.63, 3.8) is 0 Å². The molecule has 0 saturated heterocycles. The van der Waals surface area contributed by atoms with Crippen LogP contribution in [0.4, 0.5) is 10.1 Å². The molecule has 1 unspecified atom stereocenters. The minimum atomic E-state index is -3.98. The SMILES string of the molecule is CCS(=O)(=O)Nc1ccc(C2=NN(S(=O)(=O)c3ccc(C)cc3)C(c3ccc(F)cc3)C2)cc1. The molecule has 0 fully saturated rings. The summed E-state index contributed by atoms with van der Waals surface area (Å²) < 4.78 is 67.7. The topological polar surface area (TPSA) is 95.9 Å². The minimum absolute atomic E-state index is 0.0490. The van der Waals surface area contributed by atoms with Gasteiger partial charge in [0.05, 0.1) is 22.4 Å². The average molecular weight is 502 g/mol. The lowest BCUT2D eigenvalue weighted by Crippen LogP contribution is -2.27. The molecule has 3 aromatic carbocycles. The summed E-state index contributed by atoms with van der Waals surface area (Å²) in [5.41, 5.74) is 3.13. The van der Waals surface area contributed by atoms with Gasteiger partial charge in [-0.3, -0.25) is 4.72 Å². The van der Waals surface area contributed by atoms with Crippen LogP contribution in [0.5, 0.6) is 0 Å². The predicted octanol–water partition coefficient (Wildman–Crippen LogP) is 4.44. The lowest BCUT2D eigenvalue weighted by Gasteiger charge is -2.23. The first-order valence-electron chi connectivity index (χ1n) is 10.6. The number of sulfonamides is 2. The second-order valence-corrected chi connectivity index (χ2v) is 11.8. The molecule has 1 aliphatic heterocycles. The zero-order valence-electron chi connectivity index (χ0n) is 18.6. The van der Waals surface area contributed by atoms with Crippen molar-refractivity contribution in [1.82, 2.24) is 4.41 Å². The number of nitrogens with one attached hydrogen (secondary N) is 1. The van der Waals surface area contributed by atoms with Gasteiger partial charge < -0.3 is 0 Å². The number of hydrogen-bond acceptors (Lipinski definition) is 5. The second kappa shape index (κ2) is 9.19. The lowest BCUT2D eigenvalue weighted by molar-refractivity contribution is 0.371. The van der Waals surface area contributed by atoms with Crippen molar-refractivity contribution < 1.29 is 21.2 Å². The molecule has 0 spiro atoms. The molecule has 1 heterocycles. The number of aryl methyl sites for hydroxylation is 1. The smallest absolute Gasteiger partial charge is 0.279 e. The third-order valence-electron chi connectivity index (χ3n) is 5.56. The molecule has 0 aliphatic carbocycles. The summed E-state index contributed by atoms with van der Waals surface area (Å²) in [5, 5.41) is 4.46. The number of nitrogens with zero attached hydrogens (tertiary/aromatic N) is 2. The van der Waals surface area contributed by atoms with E-state index < -0.39 is 31.9 Å². The molecule has 34 heavy (non-hydrogen) atoms. The number of hydrazone groups is 1. The van der Waals surface area contributed by atoms with E-state index in [-0.39, 0.29) is 17.1 Å². The Balaban J connectivity index is 1.71. The third kappa shape index (κ3) is 4.97. The predicted molar refractivity (Wildman–Crippen MR) is 130 cm³/mol. The highest BCUT2D eigenvalue weighted by Gasteiger charge is 2.37. The second-order valence-electron chi connectivity index (χ2n) is 7.99. The summed E-state index contributed by atoms with van der Waals surface area (Å²) >= 11 is 0. The van der Waals surface area contributed by atoms with Crippen molar-refractivity contribution in [2.45, 2.75) is 31.2 Å². The van der Waals surface area contributed by atoms with Crippen molar-refractivity contribution in [3.8, 4) is 0 Å². The maximum Gasteiger partial charge on any atom is 0.279 e. The van der Waals surface area contributed by atoms with Gasteiger partial charge in [-0.15, -0.1) is 0 Å². The van der Waals surface area contributed by atoms with Gasteiger partial charge in [0, 0.05) is 12.1 Å². The monoisotopic (exact) mass is 501 g/mol. The molecule has 3 aromatic rings. The van der Waals surface area contributed by atoms with E-state index in [0.717, 1.165) is 9.98 Å². The Bertz CT molecular complexity index is 1420. The Kier molecular flexibility index (Phi) is 6.46. The molecule has 0 radical (unpaired) electrons. The summed E-state index contributed by atoms with van der Waals surface area (Å²) in [4.78, 5) is 0.111. The zero-order chi connectivity index (χ0) is 24.5. The van der Waals surface area contributed by atoms with Crippen LogP contribution in [0.3, 0.4) is 0 Å². The maximum atomic E-state index is 13.5. The normalized spacial score (nSPS) is 16.4. The molecule has 1 atom stereocenters. The molecule has 0 aromatic heterocycles. The van der Waals surface area contributed by atoms with Crippen LogP contribution in [0, 0.1) is 12.7 Å². The van der Waals surface area contributed by atoms with Crippen LogP contribution >= 0.6 is 0 Å². The van der Waals surface area contributed by atoms with Gasteiger partial charge >= 0.3 is 0 Å². The number of benzene rings is 3. The van der Waals surface area contributed by atoms with E-state index in [1.807, 2.05) is 6.92 Å². The van der Waals surface area contributed by atoms with Crippen molar-refractivity contribution in [3.05, 3.63) is 95.3 Å². The summed E-state index contributed by atoms with van der Waals surface area (Å²) in [5.74, 6) is -0.465. The van der Waals surface area contributed by atoms with Gasteiger partial charge in [-0.2, -0.15) is 17.9 Å². The largest absolute Gasteiger partial charge is 0.284 e. The van der Waals surface area contributed by atoms with E-state index in [2.05, 4.69) is 9.82 Å². The first-order chi connectivity index (χ1) is 16.1. The Morgan fingerprint density at radius 3 is 2.15 bits per heavy atom. The molecule has 7 nitrogen and oxygen atoms in total. The molecule has 0 bridgehead atoms. The van der Waals surface area contributed by atoms with Crippen LogP contribution in [0.1, 0.15) is 36.1 Å². The van der Waals surface area contributed by atoms with Crippen LogP contribution < -0.4 is 4.72 Å². The maximum absolute atomic E-state index is 13.5. The Labute approximate surface area is 199 Å². The molecule has 1 N–H and O–H groups in total. The Hall–Kier alpha value is -3.24. The highest BCUT2D eigenvalue weighted by atomic mass is 32.2. The van der Waals surface area contributed by atoms with Gasteiger partial charge in [0.15, 0.2) is 0 Å². The first kappa shape index (κ1) is 23.9. The molecule has 4 rings (SSSR count). The number of anilines is 1. The summed E-state index contributed by atoms with van der Waals surface area (Å²) in [6, 6.07) is 18.1. The zero-order valence-corrected chi connectivity index (χ0v) is 20.3. The summed E-state index contributed by atoms with van der Waals surface area (Å²) in [6.07, 6.45) is 0.275. The van der Waals surface area contributed by atoms with E-state index in [1.54, 1.807) is 55.5 Å². The van der Waals surface area contributed by atoms with E-state index in [4.69, 9.17) is 0 Å². The summed E-state index contributed by atoms with van der Waals surface area (Å²) in [7, 11) is -7.39. The van der Waals surface area contributed by atoms with Crippen LogP contribution in [0.15, 0.2) is 82.8 Å². The standard InChI is InChI=1S/C24H24FN3O4S2/c1-3-33(29,30)27-21-12-8-18(9-13-21)23-16-24(19-6-10-20(25)11-7-19)28(26-23)34(31,32)22-14-4-17(2)5-15-22/h4-15,24,27H,3,16H2,1-2H3. The molecular formula is C24H24FN3O4S2. The first-order valence-corrected chi connectivity index (χ1v) is 13.7. The van der Waals surface area contributed by atoms with Gasteiger partial charge in [-0.1, -0.05) is 42.0 Å². The fourth-order valence-corrected chi connectivity index (χ4v) is 5.69. The van der Waals surface area contributed by atoms with Gasteiger partial charge in [0.1, 0.15) is 5.82 Å². The van der Waals surface area contributed by atoms with Crippen molar-refractivity contribution in [2.24, 2.45) is 5.10 Å². The molecule has 0 saturated carbocycles. The van der Waals surface area contributed by atoms with Crippen molar-refractivity contribution >= 4 is 31.4 Å². The number of halogens is 1. The van der Waals surface area contributed by atoms with Crippen LogP contribution in [-0.2, 0) is 20.0 Å². The third-order valence-corrected chi connectivity index (χ3v) is 8.57. The van der Waals surface area contributed by atoms with Crippen LogP contribution in [0.25, 0.3) is 0 Å². The van der Waals surface area contributed by atoms with E-state index in [0.29, 0.717) is 22.5 Å². The average Bonchev–Trinajstić information content (AvgIpc) is 3.26. The quantitative estimate of drug-likeness (QED) is 0.518.